The molecular formula is C15H26N4O. The Bertz CT molecular complexity index is 431. The predicted molar refractivity (Wildman–Crippen MR) is 77.4 cm³/mol. The van der Waals surface area contributed by atoms with E-state index in [1.54, 1.807) is 0 Å². The molecule has 3 rings (SSSR count). The zero-order valence-electron chi connectivity index (χ0n) is 12.6. The van der Waals surface area contributed by atoms with Crippen LogP contribution in [0.5, 0.6) is 0 Å². The van der Waals surface area contributed by atoms with Gasteiger partial charge in [0.25, 0.3) is 0 Å². The normalized spacial score (nSPS) is 31.6. The number of nitrogens with two attached hydrogens (primary N) is 1. The van der Waals surface area contributed by atoms with Gasteiger partial charge in [0.15, 0.2) is 5.82 Å². The Morgan fingerprint density at radius 1 is 1.35 bits per heavy atom. The van der Waals surface area contributed by atoms with Crippen LogP contribution in [-0.4, -0.2) is 40.2 Å². The third-order valence-corrected chi connectivity index (χ3v) is 5.00. The van der Waals surface area contributed by atoms with Gasteiger partial charge in [-0.3, -0.25) is 0 Å². The Morgan fingerprint density at radius 2 is 2.05 bits per heavy atom. The summed E-state index contributed by atoms with van der Waals surface area (Å²) >= 11 is 0. The molecule has 0 aliphatic carbocycles. The van der Waals surface area contributed by atoms with E-state index in [1.165, 1.54) is 25.7 Å². The summed E-state index contributed by atoms with van der Waals surface area (Å²) in [6, 6.07) is 1.69. The summed E-state index contributed by atoms with van der Waals surface area (Å²) in [6.45, 7) is 2.04. The van der Waals surface area contributed by atoms with E-state index in [2.05, 4.69) is 22.1 Å². The van der Waals surface area contributed by atoms with E-state index in [-0.39, 0.29) is 6.04 Å². The fourth-order valence-electron chi connectivity index (χ4n) is 3.73. The van der Waals surface area contributed by atoms with Crippen LogP contribution in [0, 0.1) is 0 Å². The molecule has 112 valence electrons. The lowest BCUT2D eigenvalue weighted by atomic mass is 9.90. The molecule has 5 nitrogen and oxygen atoms in total. The Balaban J connectivity index is 1.57. The minimum absolute atomic E-state index is 0.252. The number of piperidine rings is 1. The number of hydrogen-bond donors (Lipinski definition) is 1. The van der Waals surface area contributed by atoms with Crippen LogP contribution in [0.3, 0.4) is 0 Å². The first-order valence-electron chi connectivity index (χ1n) is 7.93. The van der Waals surface area contributed by atoms with Crippen LogP contribution in [0.2, 0.25) is 0 Å². The van der Waals surface area contributed by atoms with Crippen LogP contribution in [0.15, 0.2) is 4.52 Å². The fraction of sp³-hybridized carbons (Fsp3) is 0.867. The molecule has 0 radical (unpaired) electrons. The van der Waals surface area contributed by atoms with Crippen molar-refractivity contribution in [2.75, 3.05) is 7.05 Å². The van der Waals surface area contributed by atoms with Gasteiger partial charge in [-0.25, -0.2) is 0 Å². The molecule has 3 atom stereocenters. The van der Waals surface area contributed by atoms with Crippen LogP contribution in [-0.2, 0) is 6.42 Å². The van der Waals surface area contributed by atoms with Gasteiger partial charge in [-0.1, -0.05) is 5.16 Å². The van der Waals surface area contributed by atoms with Crippen LogP contribution >= 0.6 is 0 Å². The number of hydrogen-bond acceptors (Lipinski definition) is 5. The lowest BCUT2D eigenvalue weighted by Crippen LogP contribution is -2.39. The number of nitrogens with zero attached hydrogens (tertiary/aromatic N) is 3. The second-order valence-corrected chi connectivity index (χ2v) is 6.63. The number of aromatic nitrogens is 2. The minimum Gasteiger partial charge on any atom is -0.339 e. The maximum absolute atomic E-state index is 5.76. The Kier molecular flexibility index (Phi) is 4.08. The highest BCUT2D eigenvalue weighted by Gasteiger charge is 2.40. The first-order chi connectivity index (χ1) is 9.63. The van der Waals surface area contributed by atoms with Gasteiger partial charge in [0.2, 0.25) is 5.89 Å². The fourth-order valence-corrected chi connectivity index (χ4v) is 3.73. The van der Waals surface area contributed by atoms with Gasteiger partial charge in [0.1, 0.15) is 0 Å². The summed E-state index contributed by atoms with van der Waals surface area (Å²) in [7, 11) is 2.26. The predicted octanol–water partition coefficient (Wildman–Crippen LogP) is 2.08. The van der Waals surface area contributed by atoms with E-state index in [0.717, 1.165) is 43.1 Å². The van der Waals surface area contributed by atoms with Gasteiger partial charge in [-0.05, 0) is 52.5 Å². The maximum atomic E-state index is 5.76. The lowest BCUT2D eigenvalue weighted by molar-refractivity contribution is 0.157. The van der Waals surface area contributed by atoms with Crippen LogP contribution in [0.1, 0.15) is 63.1 Å². The molecule has 2 N–H and O–H groups in total. The number of aryl methyl sites for hydroxylation is 1. The number of rotatable bonds is 5. The van der Waals surface area contributed by atoms with Crippen molar-refractivity contribution in [1.82, 2.24) is 15.0 Å². The molecule has 3 unspecified atom stereocenters. The van der Waals surface area contributed by atoms with Crippen molar-refractivity contribution in [2.24, 2.45) is 5.73 Å². The topological polar surface area (TPSA) is 68.2 Å². The Hall–Kier alpha value is -0.940. The molecule has 1 aromatic rings. The SMILES string of the molecule is CC(N)CCCc1nc(C2CC3CCC(C2)N3C)no1. The second kappa shape index (κ2) is 5.82. The number of fused-ring (bicyclic) bond motifs is 2. The Morgan fingerprint density at radius 3 is 2.70 bits per heavy atom. The average Bonchev–Trinajstić information content (AvgIpc) is 2.92. The highest BCUT2D eigenvalue weighted by molar-refractivity contribution is 5.05. The van der Waals surface area contributed by atoms with E-state index in [9.17, 15) is 0 Å². The molecular weight excluding hydrogens is 252 g/mol. The van der Waals surface area contributed by atoms with Gasteiger partial charge in [-0.2, -0.15) is 4.98 Å². The molecule has 3 heterocycles. The van der Waals surface area contributed by atoms with E-state index in [4.69, 9.17) is 10.3 Å². The quantitative estimate of drug-likeness (QED) is 0.893. The summed E-state index contributed by atoms with van der Waals surface area (Å²) in [4.78, 5) is 7.16. The molecule has 2 saturated heterocycles. The van der Waals surface area contributed by atoms with Crippen LogP contribution in [0.25, 0.3) is 0 Å². The van der Waals surface area contributed by atoms with Crippen molar-refractivity contribution in [3.8, 4) is 0 Å². The van der Waals surface area contributed by atoms with Crippen molar-refractivity contribution < 1.29 is 4.52 Å². The summed E-state index contributed by atoms with van der Waals surface area (Å²) < 4.78 is 5.40. The first-order valence-corrected chi connectivity index (χ1v) is 7.93. The highest BCUT2D eigenvalue weighted by atomic mass is 16.5. The summed E-state index contributed by atoms with van der Waals surface area (Å²) in [5.74, 6) is 2.22. The second-order valence-electron chi connectivity index (χ2n) is 6.63. The summed E-state index contributed by atoms with van der Waals surface area (Å²) in [5.41, 5.74) is 5.76. The van der Waals surface area contributed by atoms with E-state index in [1.807, 2.05) is 6.92 Å². The molecule has 2 fully saturated rings. The minimum atomic E-state index is 0.252. The molecule has 20 heavy (non-hydrogen) atoms. The molecule has 2 bridgehead atoms. The van der Waals surface area contributed by atoms with Gasteiger partial charge in [0, 0.05) is 30.5 Å². The third kappa shape index (κ3) is 2.88. The van der Waals surface area contributed by atoms with Crippen molar-refractivity contribution >= 4 is 0 Å². The summed E-state index contributed by atoms with van der Waals surface area (Å²) in [5, 5.41) is 4.22. The largest absolute Gasteiger partial charge is 0.339 e. The smallest absolute Gasteiger partial charge is 0.226 e. The van der Waals surface area contributed by atoms with Crippen molar-refractivity contribution in [1.29, 1.82) is 0 Å². The van der Waals surface area contributed by atoms with Gasteiger partial charge in [-0.15, -0.1) is 0 Å². The average molecular weight is 278 g/mol. The van der Waals surface area contributed by atoms with E-state index in [0.29, 0.717) is 5.92 Å². The summed E-state index contributed by atoms with van der Waals surface area (Å²) in [6.07, 6.45) is 7.92. The molecule has 2 aliphatic rings. The Labute approximate surface area is 120 Å². The zero-order chi connectivity index (χ0) is 14.1. The van der Waals surface area contributed by atoms with Crippen LogP contribution < -0.4 is 5.73 Å². The lowest BCUT2D eigenvalue weighted by Gasteiger charge is -2.34. The van der Waals surface area contributed by atoms with Crippen LogP contribution in [0.4, 0.5) is 0 Å². The zero-order valence-corrected chi connectivity index (χ0v) is 12.6. The first kappa shape index (κ1) is 14.0. The van der Waals surface area contributed by atoms with E-state index >= 15 is 0 Å². The van der Waals surface area contributed by atoms with Crippen molar-refractivity contribution in [3.63, 3.8) is 0 Å². The molecule has 0 amide bonds. The monoisotopic (exact) mass is 278 g/mol. The molecule has 0 aromatic carbocycles. The van der Waals surface area contributed by atoms with Gasteiger partial charge in [0.05, 0.1) is 0 Å². The standard InChI is InChI=1S/C15H26N4O/c1-10(16)4-3-5-14-17-15(18-20-14)11-8-12-6-7-13(9-11)19(12)2/h10-13H,3-9,16H2,1-2H3. The molecule has 0 spiro atoms. The van der Waals surface area contributed by atoms with Crippen molar-refractivity contribution in [3.05, 3.63) is 11.7 Å². The molecule has 0 saturated carbocycles. The highest BCUT2D eigenvalue weighted by Crippen LogP contribution is 2.41. The molecule has 5 heteroatoms. The molecule has 2 aliphatic heterocycles. The van der Waals surface area contributed by atoms with Crippen molar-refractivity contribution in [2.45, 2.75) is 75.9 Å². The van der Waals surface area contributed by atoms with Gasteiger partial charge < -0.3 is 15.2 Å². The maximum Gasteiger partial charge on any atom is 0.226 e. The third-order valence-electron chi connectivity index (χ3n) is 5.00. The van der Waals surface area contributed by atoms with E-state index < -0.39 is 0 Å². The van der Waals surface area contributed by atoms with Gasteiger partial charge >= 0.3 is 0 Å². The molecule has 1 aromatic heterocycles.